The predicted molar refractivity (Wildman–Crippen MR) is 70.3 cm³/mol. The molecule has 1 atom stereocenters. The van der Waals surface area contributed by atoms with Gasteiger partial charge < -0.3 is 0 Å². The van der Waals surface area contributed by atoms with E-state index in [1.807, 2.05) is 6.07 Å². The van der Waals surface area contributed by atoms with Gasteiger partial charge in [0.15, 0.2) is 0 Å². The quantitative estimate of drug-likeness (QED) is 0.544. The first kappa shape index (κ1) is 13.7. The third-order valence-corrected chi connectivity index (χ3v) is 2.58. The molecule has 14 heavy (non-hydrogen) atoms. The Kier molecular flexibility index (Phi) is 5.41. The van der Waals surface area contributed by atoms with Gasteiger partial charge in [-0.3, -0.25) is 0 Å². The Morgan fingerprint density at radius 1 is 1.29 bits per heavy atom. The van der Waals surface area contributed by atoms with E-state index in [4.69, 9.17) is 0 Å². The summed E-state index contributed by atoms with van der Waals surface area (Å²) in [6, 6.07) is 10.5. The van der Waals surface area contributed by atoms with E-state index in [0.29, 0.717) is 0 Å². The van der Waals surface area contributed by atoms with Crippen molar-refractivity contribution in [2.75, 3.05) is 0 Å². The van der Waals surface area contributed by atoms with Crippen molar-refractivity contribution in [1.82, 2.24) is 0 Å². The maximum Gasteiger partial charge on any atom is 0.0000999 e. The second kappa shape index (κ2) is 5.53. The summed E-state index contributed by atoms with van der Waals surface area (Å²) >= 11 is 0. The summed E-state index contributed by atoms with van der Waals surface area (Å²) < 4.78 is 0. The third-order valence-electron chi connectivity index (χ3n) is 2.17. The molecule has 1 unspecified atom stereocenters. The number of halogens is 1. The molecule has 0 radical (unpaired) electrons. The summed E-state index contributed by atoms with van der Waals surface area (Å²) in [6.45, 7) is 8.44. The molecule has 0 aromatic heterocycles. The van der Waals surface area contributed by atoms with Crippen LogP contribution in [0.5, 0.6) is 0 Å². The molecule has 0 aliphatic carbocycles. The van der Waals surface area contributed by atoms with E-state index in [1.54, 1.807) is 0 Å². The lowest BCUT2D eigenvalue weighted by atomic mass is 9.97. The van der Waals surface area contributed by atoms with Gasteiger partial charge in [0, 0.05) is 5.16 Å². The number of hydrogen-bond acceptors (Lipinski definition) is 0. The van der Waals surface area contributed by atoms with E-state index >= 15 is 0 Å². The van der Waals surface area contributed by atoms with Gasteiger partial charge in [0.1, 0.15) is 0 Å². The average Bonchev–Trinajstić information content (AvgIpc) is 2.04. The number of benzene rings is 1. The number of hydrogen-bond donors (Lipinski definition) is 0. The molecular formula is C12H18ClP. The molecule has 0 heterocycles. The van der Waals surface area contributed by atoms with Crippen molar-refractivity contribution in [2.45, 2.75) is 25.4 Å². The fourth-order valence-electron chi connectivity index (χ4n) is 1.07. The first-order valence-electron chi connectivity index (χ1n) is 4.51. The molecule has 0 fully saturated rings. The zero-order valence-electron chi connectivity index (χ0n) is 8.79. The number of allylic oxidation sites excluding steroid dienone is 1. The minimum Gasteiger partial charge on any atom is -0.147 e. The Balaban J connectivity index is 0.00000169. The zero-order chi connectivity index (χ0) is 9.90. The van der Waals surface area contributed by atoms with Crippen LogP contribution in [0.4, 0.5) is 0 Å². The first-order chi connectivity index (χ1) is 6.00. The van der Waals surface area contributed by atoms with Gasteiger partial charge in [0.05, 0.1) is 0 Å². The maximum absolute atomic E-state index is 4.10. The zero-order valence-corrected chi connectivity index (χ0v) is 10.8. The van der Waals surface area contributed by atoms with Crippen molar-refractivity contribution in [3.8, 4) is 0 Å². The van der Waals surface area contributed by atoms with Crippen LogP contribution in [0.2, 0.25) is 0 Å². The summed E-state index contributed by atoms with van der Waals surface area (Å²) in [5, 5.41) is 0.135. The smallest absolute Gasteiger partial charge is 0.0000999 e. The Labute approximate surface area is 95.4 Å². The molecule has 0 N–H and O–H groups in total. The summed E-state index contributed by atoms with van der Waals surface area (Å²) in [5.41, 5.74) is 2.59. The average molecular weight is 229 g/mol. The SMILES string of the molecule is C=C(Cc1ccccc1)C(C)(C)P.Cl. The molecule has 0 aliphatic rings. The molecule has 1 aromatic rings. The highest BCUT2D eigenvalue weighted by molar-refractivity contribution is 7.19. The van der Waals surface area contributed by atoms with Crippen molar-refractivity contribution < 1.29 is 0 Å². The van der Waals surface area contributed by atoms with E-state index < -0.39 is 0 Å². The van der Waals surface area contributed by atoms with Crippen molar-refractivity contribution in [3.05, 3.63) is 48.0 Å². The van der Waals surface area contributed by atoms with Crippen LogP contribution in [0.1, 0.15) is 19.4 Å². The lowest BCUT2D eigenvalue weighted by Crippen LogP contribution is -2.14. The van der Waals surface area contributed by atoms with Gasteiger partial charge in [-0.1, -0.05) is 56.3 Å². The summed E-state index contributed by atoms with van der Waals surface area (Å²) in [6.07, 6.45) is 0.970. The molecule has 0 spiro atoms. The molecule has 2 heteroatoms. The monoisotopic (exact) mass is 228 g/mol. The second-order valence-corrected chi connectivity index (χ2v) is 5.43. The van der Waals surface area contributed by atoms with Gasteiger partial charge in [-0.15, -0.1) is 21.6 Å². The molecule has 1 aromatic carbocycles. The van der Waals surface area contributed by atoms with Gasteiger partial charge >= 0.3 is 0 Å². The van der Waals surface area contributed by atoms with E-state index in [0.717, 1.165) is 6.42 Å². The molecule has 1 rings (SSSR count). The fourth-order valence-corrected chi connectivity index (χ4v) is 1.17. The van der Waals surface area contributed by atoms with E-state index in [2.05, 4.69) is 53.9 Å². The second-order valence-electron chi connectivity index (χ2n) is 3.99. The standard InChI is InChI=1S/C12H17P.ClH/c1-10(12(2,3)13)9-11-7-5-4-6-8-11;/h4-8H,1,9,13H2,2-3H3;1H. The summed E-state index contributed by atoms with van der Waals surface area (Å²) in [4.78, 5) is 0. The first-order valence-corrected chi connectivity index (χ1v) is 5.09. The molecule has 0 bridgehead atoms. The largest absolute Gasteiger partial charge is 0.147 e. The molecule has 0 nitrogen and oxygen atoms in total. The van der Waals surface area contributed by atoms with Crippen molar-refractivity contribution in [2.24, 2.45) is 0 Å². The van der Waals surface area contributed by atoms with Crippen LogP contribution in [-0.4, -0.2) is 5.16 Å². The highest BCUT2D eigenvalue weighted by Gasteiger charge is 2.14. The van der Waals surface area contributed by atoms with Gasteiger partial charge in [-0.05, 0) is 12.0 Å². The molecule has 0 aliphatic heterocycles. The summed E-state index contributed by atoms with van der Waals surface area (Å²) in [5.74, 6) is 0. The lowest BCUT2D eigenvalue weighted by Gasteiger charge is -2.21. The molecule has 0 amide bonds. The van der Waals surface area contributed by atoms with Crippen LogP contribution in [-0.2, 0) is 6.42 Å². The van der Waals surface area contributed by atoms with Crippen LogP contribution in [0.3, 0.4) is 0 Å². The van der Waals surface area contributed by atoms with Crippen molar-refractivity contribution in [3.63, 3.8) is 0 Å². The van der Waals surface area contributed by atoms with Crippen LogP contribution in [0.25, 0.3) is 0 Å². The van der Waals surface area contributed by atoms with Crippen LogP contribution in [0.15, 0.2) is 42.5 Å². The Morgan fingerprint density at radius 2 is 1.79 bits per heavy atom. The van der Waals surface area contributed by atoms with Gasteiger partial charge in [0.2, 0.25) is 0 Å². The molecule has 0 saturated heterocycles. The maximum atomic E-state index is 4.10. The highest BCUT2D eigenvalue weighted by Crippen LogP contribution is 2.27. The van der Waals surface area contributed by atoms with Crippen LogP contribution in [0, 0.1) is 0 Å². The van der Waals surface area contributed by atoms with Crippen molar-refractivity contribution in [1.29, 1.82) is 0 Å². The fraction of sp³-hybridized carbons (Fsp3) is 0.333. The summed E-state index contributed by atoms with van der Waals surface area (Å²) in [7, 11) is 2.83. The van der Waals surface area contributed by atoms with E-state index in [-0.39, 0.29) is 17.6 Å². The van der Waals surface area contributed by atoms with Gasteiger partial charge in [0.25, 0.3) is 0 Å². The number of rotatable bonds is 3. The van der Waals surface area contributed by atoms with E-state index in [1.165, 1.54) is 11.1 Å². The van der Waals surface area contributed by atoms with Crippen LogP contribution >= 0.6 is 21.6 Å². The molecule has 0 saturated carbocycles. The van der Waals surface area contributed by atoms with Gasteiger partial charge in [-0.2, -0.15) is 0 Å². The third kappa shape index (κ3) is 4.26. The topological polar surface area (TPSA) is 0 Å². The minimum absolute atomic E-state index is 0. The lowest BCUT2D eigenvalue weighted by molar-refractivity contribution is 0.804. The predicted octanol–water partition coefficient (Wildman–Crippen LogP) is 3.86. The van der Waals surface area contributed by atoms with Gasteiger partial charge in [-0.25, -0.2) is 0 Å². The van der Waals surface area contributed by atoms with Crippen molar-refractivity contribution >= 4 is 21.6 Å². The Morgan fingerprint density at radius 3 is 2.21 bits per heavy atom. The normalized spacial score (nSPS) is 10.5. The Bertz CT molecular complexity index is 285. The van der Waals surface area contributed by atoms with Crippen LogP contribution < -0.4 is 0 Å². The highest BCUT2D eigenvalue weighted by atomic mass is 35.5. The Hall–Kier alpha value is -0.320. The minimum atomic E-state index is 0. The van der Waals surface area contributed by atoms with E-state index in [9.17, 15) is 0 Å². The molecular weight excluding hydrogens is 211 g/mol. The molecule has 78 valence electrons.